The van der Waals surface area contributed by atoms with E-state index in [9.17, 15) is 4.39 Å². The first-order valence-corrected chi connectivity index (χ1v) is 8.04. The molecule has 7 heteroatoms. The number of hydrogen-bond acceptors (Lipinski definition) is 4. The Morgan fingerprint density at radius 1 is 1.36 bits per heavy atom. The number of nitrogens with zero attached hydrogens (tertiary/aromatic N) is 3. The molecule has 1 saturated heterocycles. The van der Waals surface area contributed by atoms with Crippen LogP contribution in [0.15, 0.2) is 35.1 Å². The van der Waals surface area contributed by atoms with Crippen LogP contribution in [0.25, 0.3) is 0 Å². The fourth-order valence-corrected chi connectivity index (χ4v) is 2.87. The summed E-state index contributed by atoms with van der Waals surface area (Å²) in [5.74, 6) is 0.674. The molecular formula is C15H14BrClFN3O. The van der Waals surface area contributed by atoms with Crippen molar-refractivity contribution in [2.75, 3.05) is 19.7 Å². The lowest BCUT2D eigenvalue weighted by atomic mass is 10.0. The van der Waals surface area contributed by atoms with Gasteiger partial charge in [-0.1, -0.05) is 33.6 Å². The second-order valence-electron chi connectivity index (χ2n) is 5.29. The number of likely N-dealkylation sites (tertiary alicyclic amines) is 1. The SMILES string of the molecule is Fc1cc(Br)ccc1CN1CC(COc2cncc(Cl)n2)C1. The molecule has 1 fully saturated rings. The van der Waals surface area contributed by atoms with Gasteiger partial charge in [-0.15, -0.1) is 0 Å². The zero-order chi connectivity index (χ0) is 15.5. The van der Waals surface area contributed by atoms with Crippen LogP contribution in [0.3, 0.4) is 0 Å². The molecular weight excluding hydrogens is 373 g/mol. The zero-order valence-electron chi connectivity index (χ0n) is 11.7. The summed E-state index contributed by atoms with van der Waals surface area (Å²) in [5.41, 5.74) is 0.711. The lowest BCUT2D eigenvalue weighted by Crippen LogP contribution is -2.48. The largest absolute Gasteiger partial charge is 0.476 e. The number of hydrogen-bond donors (Lipinski definition) is 0. The predicted molar refractivity (Wildman–Crippen MR) is 85.4 cm³/mol. The molecule has 0 radical (unpaired) electrons. The third-order valence-electron chi connectivity index (χ3n) is 3.49. The van der Waals surface area contributed by atoms with Crippen molar-refractivity contribution in [3.8, 4) is 5.88 Å². The number of benzene rings is 1. The summed E-state index contributed by atoms with van der Waals surface area (Å²) in [5, 5.41) is 0.318. The van der Waals surface area contributed by atoms with E-state index in [4.69, 9.17) is 16.3 Å². The van der Waals surface area contributed by atoms with Crippen molar-refractivity contribution in [2.24, 2.45) is 5.92 Å². The van der Waals surface area contributed by atoms with E-state index in [0.717, 1.165) is 17.6 Å². The molecule has 2 heterocycles. The third-order valence-corrected chi connectivity index (χ3v) is 4.17. The maximum absolute atomic E-state index is 13.8. The van der Waals surface area contributed by atoms with Crippen LogP contribution < -0.4 is 4.74 Å². The maximum atomic E-state index is 13.8. The minimum absolute atomic E-state index is 0.178. The van der Waals surface area contributed by atoms with Gasteiger partial charge in [0.1, 0.15) is 5.82 Å². The van der Waals surface area contributed by atoms with Crippen molar-refractivity contribution in [1.82, 2.24) is 14.9 Å². The number of aromatic nitrogens is 2. The van der Waals surface area contributed by atoms with Crippen LogP contribution >= 0.6 is 27.5 Å². The van der Waals surface area contributed by atoms with Gasteiger partial charge in [0.2, 0.25) is 5.88 Å². The van der Waals surface area contributed by atoms with Crippen LogP contribution in [0.4, 0.5) is 4.39 Å². The van der Waals surface area contributed by atoms with Crippen molar-refractivity contribution >= 4 is 27.5 Å². The summed E-state index contributed by atoms with van der Waals surface area (Å²) in [6, 6.07) is 5.16. The molecule has 2 aromatic rings. The minimum atomic E-state index is -0.178. The quantitative estimate of drug-likeness (QED) is 0.788. The molecule has 0 bridgehead atoms. The topological polar surface area (TPSA) is 38.2 Å². The summed E-state index contributed by atoms with van der Waals surface area (Å²) in [6.45, 7) is 2.94. The summed E-state index contributed by atoms with van der Waals surface area (Å²) >= 11 is 9.01. The summed E-state index contributed by atoms with van der Waals surface area (Å²) in [4.78, 5) is 10.1. The molecule has 1 aliphatic heterocycles. The molecule has 0 N–H and O–H groups in total. The smallest absolute Gasteiger partial charge is 0.233 e. The van der Waals surface area contributed by atoms with Crippen LogP contribution in [-0.4, -0.2) is 34.6 Å². The molecule has 1 aromatic carbocycles. The first-order chi connectivity index (χ1) is 10.6. The Morgan fingerprint density at radius 2 is 2.18 bits per heavy atom. The third kappa shape index (κ3) is 3.94. The second-order valence-corrected chi connectivity index (χ2v) is 6.59. The molecule has 22 heavy (non-hydrogen) atoms. The van der Waals surface area contributed by atoms with Gasteiger partial charge in [0, 0.05) is 35.6 Å². The van der Waals surface area contributed by atoms with Gasteiger partial charge in [0.05, 0.1) is 19.0 Å². The van der Waals surface area contributed by atoms with Gasteiger partial charge in [-0.25, -0.2) is 4.39 Å². The van der Waals surface area contributed by atoms with Gasteiger partial charge >= 0.3 is 0 Å². The highest BCUT2D eigenvalue weighted by atomic mass is 79.9. The number of rotatable bonds is 5. The normalized spacial score (nSPS) is 15.6. The fourth-order valence-electron chi connectivity index (χ4n) is 2.40. The Labute approximate surface area is 141 Å². The number of ether oxygens (including phenoxy) is 1. The lowest BCUT2D eigenvalue weighted by Gasteiger charge is -2.39. The first-order valence-electron chi connectivity index (χ1n) is 6.87. The highest BCUT2D eigenvalue weighted by Crippen LogP contribution is 2.22. The molecule has 4 nitrogen and oxygen atoms in total. The van der Waals surface area contributed by atoms with E-state index in [0.29, 0.717) is 35.7 Å². The van der Waals surface area contributed by atoms with Crippen molar-refractivity contribution in [3.63, 3.8) is 0 Å². The molecule has 0 amide bonds. The van der Waals surface area contributed by atoms with Gasteiger partial charge in [-0.2, -0.15) is 4.98 Å². The summed E-state index contributed by atoms with van der Waals surface area (Å²) in [7, 11) is 0. The molecule has 0 saturated carbocycles. The van der Waals surface area contributed by atoms with Crippen molar-refractivity contribution in [1.29, 1.82) is 0 Å². The summed E-state index contributed by atoms with van der Waals surface area (Å²) < 4.78 is 20.1. The van der Waals surface area contributed by atoms with E-state index in [1.165, 1.54) is 12.3 Å². The van der Waals surface area contributed by atoms with Crippen LogP contribution in [0.2, 0.25) is 5.15 Å². The van der Waals surface area contributed by atoms with Crippen molar-refractivity contribution < 1.29 is 9.13 Å². The Balaban J connectivity index is 1.44. The van der Waals surface area contributed by atoms with Gasteiger partial charge < -0.3 is 4.74 Å². The maximum Gasteiger partial charge on any atom is 0.233 e. The Morgan fingerprint density at radius 3 is 2.91 bits per heavy atom. The Hall–Kier alpha value is -1.24. The van der Waals surface area contributed by atoms with E-state index in [1.54, 1.807) is 6.20 Å². The lowest BCUT2D eigenvalue weighted by molar-refractivity contribution is 0.0534. The average Bonchev–Trinajstić information content (AvgIpc) is 2.43. The molecule has 1 aromatic heterocycles. The minimum Gasteiger partial charge on any atom is -0.476 e. The average molecular weight is 387 g/mol. The summed E-state index contributed by atoms with van der Waals surface area (Å²) in [6.07, 6.45) is 3.01. The number of halogens is 3. The van der Waals surface area contributed by atoms with E-state index >= 15 is 0 Å². The van der Waals surface area contributed by atoms with Crippen LogP contribution in [0.5, 0.6) is 5.88 Å². The zero-order valence-corrected chi connectivity index (χ0v) is 14.0. The van der Waals surface area contributed by atoms with Crippen LogP contribution in [0.1, 0.15) is 5.56 Å². The second kappa shape index (κ2) is 6.89. The van der Waals surface area contributed by atoms with E-state index in [-0.39, 0.29) is 5.82 Å². The van der Waals surface area contributed by atoms with Crippen molar-refractivity contribution in [2.45, 2.75) is 6.54 Å². The Bertz CT molecular complexity index is 667. The highest BCUT2D eigenvalue weighted by molar-refractivity contribution is 9.10. The standard InChI is InChI=1S/C15H14BrClFN3O/c16-12-2-1-11(13(18)3-12)8-21-6-10(7-21)9-22-15-5-19-4-14(17)20-15/h1-5,10H,6-9H2. The van der Waals surface area contributed by atoms with Gasteiger partial charge in [0.25, 0.3) is 0 Å². The van der Waals surface area contributed by atoms with Crippen LogP contribution in [0, 0.1) is 11.7 Å². The fraction of sp³-hybridized carbons (Fsp3) is 0.333. The highest BCUT2D eigenvalue weighted by Gasteiger charge is 2.27. The van der Waals surface area contributed by atoms with Gasteiger partial charge in [-0.3, -0.25) is 9.88 Å². The molecule has 116 valence electrons. The van der Waals surface area contributed by atoms with Crippen molar-refractivity contribution in [3.05, 3.63) is 51.6 Å². The molecule has 1 aliphatic rings. The predicted octanol–water partition coefficient (Wildman–Crippen LogP) is 3.54. The Kier molecular flexibility index (Phi) is 4.90. The molecule has 0 unspecified atom stereocenters. The molecule has 3 rings (SSSR count). The van der Waals surface area contributed by atoms with Gasteiger partial charge in [0.15, 0.2) is 5.15 Å². The van der Waals surface area contributed by atoms with E-state index in [1.807, 2.05) is 12.1 Å². The van der Waals surface area contributed by atoms with Gasteiger partial charge in [-0.05, 0) is 12.1 Å². The van der Waals surface area contributed by atoms with E-state index in [2.05, 4.69) is 30.8 Å². The molecule has 0 aliphatic carbocycles. The molecule has 0 spiro atoms. The first kappa shape index (κ1) is 15.6. The molecule has 0 atom stereocenters. The van der Waals surface area contributed by atoms with E-state index < -0.39 is 0 Å². The van der Waals surface area contributed by atoms with Crippen LogP contribution in [-0.2, 0) is 6.54 Å². The monoisotopic (exact) mass is 385 g/mol.